The standard InChI is InChI=1S/C35H41F2N5O/c36-30-11-8-27(9-12-30)28-14-19-42(20-15-28)35(43)13-10-29-25-39(26-31-5-3-4-17-38-31)18-16-33(29)40-21-23-41(24-22-40)34-7-2-1-6-32(34)37/h1-9,11-12,14,17,29,33H,10,13,15-16,18-26H2/t29-,33+/m0/s1. The number of likely N-dealkylation sites (tertiary alicyclic amines) is 1. The summed E-state index contributed by atoms with van der Waals surface area (Å²) in [6.45, 7) is 7.46. The van der Waals surface area contributed by atoms with Crippen molar-refractivity contribution in [1.29, 1.82) is 0 Å². The number of anilines is 1. The number of amides is 1. The molecule has 0 spiro atoms. The van der Waals surface area contributed by atoms with Gasteiger partial charge < -0.3 is 9.80 Å². The van der Waals surface area contributed by atoms with Gasteiger partial charge in [0.2, 0.25) is 5.91 Å². The lowest BCUT2D eigenvalue weighted by Gasteiger charge is -2.47. The van der Waals surface area contributed by atoms with Crippen molar-refractivity contribution in [2.75, 3.05) is 57.3 Å². The first-order valence-electron chi connectivity index (χ1n) is 15.6. The van der Waals surface area contributed by atoms with Crippen molar-refractivity contribution in [2.24, 2.45) is 5.92 Å². The molecule has 0 unspecified atom stereocenters. The maximum absolute atomic E-state index is 14.4. The van der Waals surface area contributed by atoms with Crippen molar-refractivity contribution >= 4 is 17.2 Å². The fourth-order valence-corrected chi connectivity index (χ4v) is 7.02. The van der Waals surface area contributed by atoms with Crippen LogP contribution in [0.4, 0.5) is 14.5 Å². The first kappa shape index (κ1) is 29.5. The number of piperazine rings is 1. The lowest BCUT2D eigenvalue weighted by molar-refractivity contribution is -0.131. The van der Waals surface area contributed by atoms with Crippen molar-refractivity contribution in [1.82, 2.24) is 19.7 Å². The van der Waals surface area contributed by atoms with E-state index in [0.29, 0.717) is 37.2 Å². The molecule has 1 amide bonds. The molecule has 0 N–H and O–H groups in total. The smallest absolute Gasteiger partial charge is 0.222 e. The number of hydrogen-bond acceptors (Lipinski definition) is 5. The molecule has 6 nitrogen and oxygen atoms in total. The number of halogens is 2. The van der Waals surface area contributed by atoms with E-state index in [1.165, 1.54) is 23.8 Å². The molecular formula is C35H41F2N5O. The summed E-state index contributed by atoms with van der Waals surface area (Å²) in [5.74, 6) is 0.187. The summed E-state index contributed by atoms with van der Waals surface area (Å²) >= 11 is 0. The van der Waals surface area contributed by atoms with Gasteiger partial charge in [-0.2, -0.15) is 0 Å². The van der Waals surface area contributed by atoms with Gasteiger partial charge in [0.25, 0.3) is 0 Å². The molecule has 1 aromatic heterocycles. The van der Waals surface area contributed by atoms with Crippen LogP contribution in [0.25, 0.3) is 5.57 Å². The Morgan fingerprint density at radius 3 is 2.40 bits per heavy atom. The largest absolute Gasteiger partial charge is 0.367 e. The zero-order valence-electron chi connectivity index (χ0n) is 24.8. The van der Waals surface area contributed by atoms with Gasteiger partial charge in [0.1, 0.15) is 11.6 Å². The molecule has 0 bridgehead atoms. The predicted octanol–water partition coefficient (Wildman–Crippen LogP) is 5.47. The third-order valence-electron chi connectivity index (χ3n) is 9.37. The summed E-state index contributed by atoms with van der Waals surface area (Å²) in [5, 5.41) is 0. The number of rotatable bonds is 8. The molecule has 3 aliphatic heterocycles. The Morgan fingerprint density at radius 1 is 0.884 bits per heavy atom. The first-order valence-corrected chi connectivity index (χ1v) is 15.6. The van der Waals surface area contributed by atoms with Crippen LogP contribution in [0.2, 0.25) is 0 Å². The Balaban J connectivity index is 1.08. The average molecular weight is 586 g/mol. The van der Waals surface area contributed by atoms with Crippen LogP contribution in [0.3, 0.4) is 0 Å². The maximum atomic E-state index is 14.4. The number of hydrogen-bond donors (Lipinski definition) is 0. The van der Waals surface area contributed by atoms with Crippen molar-refractivity contribution in [3.05, 3.63) is 102 Å². The summed E-state index contributed by atoms with van der Waals surface area (Å²) in [7, 11) is 0. The number of benzene rings is 2. The number of carbonyl (C=O) groups excluding carboxylic acids is 1. The van der Waals surface area contributed by atoms with Crippen LogP contribution in [0.1, 0.15) is 36.9 Å². The Hall–Kier alpha value is -3.62. The Kier molecular flexibility index (Phi) is 9.44. The molecule has 2 saturated heterocycles. The van der Waals surface area contributed by atoms with Crippen LogP contribution in [-0.4, -0.2) is 84.0 Å². The molecule has 8 heteroatoms. The van der Waals surface area contributed by atoms with Crippen molar-refractivity contribution in [2.45, 2.75) is 38.3 Å². The Bertz CT molecular complexity index is 1390. The highest BCUT2D eigenvalue weighted by atomic mass is 19.1. The molecule has 2 fully saturated rings. The van der Waals surface area contributed by atoms with Gasteiger partial charge in [-0.15, -0.1) is 0 Å². The van der Waals surface area contributed by atoms with Crippen molar-refractivity contribution in [3.8, 4) is 0 Å². The average Bonchev–Trinajstić information content (AvgIpc) is 3.05. The van der Waals surface area contributed by atoms with Gasteiger partial charge in [-0.05, 0) is 72.7 Å². The quantitative estimate of drug-likeness (QED) is 0.351. The van der Waals surface area contributed by atoms with Crippen molar-refractivity contribution in [3.63, 3.8) is 0 Å². The molecular weight excluding hydrogens is 544 g/mol. The van der Waals surface area contributed by atoms with E-state index in [-0.39, 0.29) is 17.5 Å². The third kappa shape index (κ3) is 7.31. The molecule has 0 aliphatic carbocycles. The number of pyridine rings is 1. The molecule has 2 aromatic carbocycles. The summed E-state index contributed by atoms with van der Waals surface area (Å²) in [5.41, 5.74) is 3.97. The number of para-hydroxylation sites is 1. The van der Waals surface area contributed by atoms with Crippen LogP contribution in [0.5, 0.6) is 0 Å². The van der Waals surface area contributed by atoms with Crippen LogP contribution in [-0.2, 0) is 11.3 Å². The SMILES string of the molecule is O=C(CC[C@H]1CN(Cc2ccccn2)CC[C@H]1N1CCN(c2ccccc2F)CC1)N1CC=C(c2ccc(F)cc2)CC1. The second-order valence-corrected chi connectivity index (χ2v) is 12.0. The van der Waals surface area contributed by atoms with E-state index in [1.807, 2.05) is 47.5 Å². The lowest BCUT2D eigenvalue weighted by atomic mass is 9.86. The number of aromatic nitrogens is 1. The highest BCUT2D eigenvalue weighted by Crippen LogP contribution is 2.30. The number of piperidine rings is 1. The topological polar surface area (TPSA) is 42.9 Å². The molecule has 2 atom stereocenters. The maximum Gasteiger partial charge on any atom is 0.222 e. The monoisotopic (exact) mass is 585 g/mol. The van der Waals surface area contributed by atoms with E-state index in [0.717, 1.165) is 76.3 Å². The van der Waals surface area contributed by atoms with Gasteiger partial charge in [-0.1, -0.05) is 36.4 Å². The summed E-state index contributed by atoms with van der Waals surface area (Å²) in [6, 6.07) is 20.1. The van der Waals surface area contributed by atoms with Gasteiger partial charge in [0.05, 0.1) is 11.4 Å². The molecule has 3 aliphatic rings. The van der Waals surface area contributed by atoms with Crippen molar-refractivity contribution < 1.29 is 13.6 Å². The molecule has 226 valence electrons. The molecule has 0 saturated carbocycles. The minimum absolute atomic E-state index is 0.160. The van der Waals surface area contributed by atoms with Crippen LogP contribution >= 0.6 is 0 Å². The minimum atomic E-state index is -0.233. The highest BCUT2D eigenvalue weighted by molar-refractivity contribution is 5.78. The summed E-state index contributed by atoms with van der Waals surface area (Å²) in [4.78, 5) is 27.1. The second-order valence-electron chi connectivity index (χ2n) is 12.0. The highest BCUT2D eigenvalue weighted by Gasteiger charge is 2.35. The van der Waals surface area contributed by atoms with Crippen LogP contribution in [0.15, 0.2) is 79.0 Å². The van der Waals surface area contributed by atoms with Crippen LogP contribution < -0.4 is 4.90 Å². The van der Waals surface area contributed by atoms with Gasteiger partial charge in [-0.25, -0.2) is 8.78 Å². The van der Waals surface area contributed by atoms with E-state index in [1.54, 1.807) is 6.07 Å². The fraction of sp³-hybridized carbons (Fsp3) is 0.429. The van der Waals surface area contributed by atoms with Crippen LogP contribution in [0, 0.1) is 17.6 Å². The normalized spacial score (nSPS) is 22.0. The second kappa shape index (κ2) is 13.8. The van der Waals surface area contributed by atoms with E-state index in [9.17, 15) is 13.6 Å². The molecule has 3 aromatic rings. The molecule has 0 radical (unpaired) electrons. The summed E-state index contributed by atoms with van der Waals surface area (Å²) < 4.78 is 27.8. The van der Waals surface area contributed by atoms with E-state index in [2.05, 4.69) is 31.8 Å². The van der Waals surface area contributed by atoms with Gasteiger partial charge in [0, 0.05) is 77.6 Å². The Labute approximate surface area is 253 Å². The Morgan fingerprint density at radius 2 is 1.67 bits per heavy atom. The van der Waals surface area contributed by atoms with Gasteiger partial charge >= 0.3 is 0 Å². The first-order chi connectivity index (χ1) is 21.0. The minimum Gasteiger partial charge on any atom is -0.367 e. The predicted molar refractivity (Wildman–Crippen MR) is 166 cm³/mol. The van der Waals surface area contributed by atoms with E-state index < -0.39 is 0 Å². The zero-order valence-corrected chi connectivity index (χ0v) is 24.8. The third-order valence-corrected chi connectivity index (χ3v) is 9.37. The van der Waals surface area contributed by atoms with Gasteiger partial charge in [0.15, 0.2) is 0 Å². The number of nitrogens with zero attached hydrogens (tertiary/aromatic N) is 5. The van der Waals surface area contributed by atoms with E-state index in [4.69, 9.17) is 0 Å². The molecule has 4 heterocycles. The number of carbonyl (C=O) groups is 1. The van der Waals surface area contributed by atoms with E-state index >= 15 is 0 Å². The fourth-order valence-electron chi connectivity index (χ4n) is 7.02. The summed E-state index contributed by atoms with van der Waals surface area (Å²) in [6.07, 6.45) is 7.18. The zero-order chi connectivity index (χ0) is 29.6. The molecule has 6 rings (SSSR count). The molecule has 43 heavy (non-hydrogen) atoms. The lowest BCUT2D eigenvalue weighted by Crippen LogP contribution is -2.57. The van der Waals surface area contributed by atoms with Gasteiger partial charge in [-0.3, -0.25) is 19.6 Å².